The Hall–Kier alpha value is -2.67. The van der Waals surface area contributed by atoms with Crippen molar-refractivity contribution >= 4 is 22.5 Å². The molecule has 7 heteroatoms. The largest absolute Gasteiger partial charge is 0.351 e. The number of benzene rings is 1. The second kappa shape index (κ2) is 7.29. The van der Waals surface area contributed by atoms with E-state index in [9.17, 15) is 4.79 Å². The molecule has 0 atom stereocenters. The summed E-state index contributed by atoms with van der Waals surface area (Å²) in [6.45, 7) is 3.22. The molecule has 0 saturated carbocycles. The third-order valence-electron chi connectivity index (χ3n) is 4.89. The van der Waals surface area contributed by atoms with Crippen molar-refractivity contribution in [2.75, 3.05) is 18.4 Å². The highest BCUT2D eigenvalue weighted by Gasteiger charge is 2.13. The van der Waals surface area contributed by atoms with Crippen molar-refractivity contribution in [1.29, 1.82) is 0 Å². The van der Waals surface area contributed by atoms with Crippen LogP contribution in [-0.2, 0) is 24.9 Å². The minimum absolute atomic E-state index is 0.102. The van der Waals surface area contributed by atoms with Gasteiger partial charge in [0.05, 0.1) is 11.9 Å². The zero-order chi connectivity index (χ0) is 17.9. The van der Waals surface area contributed by atoms with Gasteiger partial charge in [0.25, 0.3) is 0 Å². The molecule has 0 aliphatic carbocycles. The summed E-state index contributed by atoms with van der Waals surface area (Å²) in [4.78, 5) is 14.7. The summed E-state index contributed by atoms with van der Waals surface area (Å²) >= 11 is 0. The first-order chi connectivity index (χ1) is 12.7. The summed E-state index contributed by atoms with van der Waals surface area (Å²) in [6.07, 6.45) is 7.70. The van der Waals surface area contributed by atoms with E-state index in [1.54, 1.807) is 4.68 Å². The smallest absolute Gasteiger partial charge is 0.246 e. The summed E-state index contributed by atoms with van der Waals surface area (Å²) in [5, 5.41) is 12.3. The van der Waals surface area contributed by atoms with E-state index in [4.69, 9.17) is 0 Å². The van der Waals surface area contributed by atoms with E-state index in [0.717, 1.165) is 41.9 Å². The lowest BCUT2D eigenvalue weighted by Crippen LogP contribution is -2.29. The Balaban J connectivity index is 1.35. The van der Waals surface area contributed by atoms with Crippen LogP contribution in [0.4, 0.5) is 5.69 Å². The van der Waals surface area contributed by atoms with E-state index >= 15 is 0 Å². The summed E-state index contributed by atoms with van der Waals surface area (Å²) in [6, 6.07) is 7.95. The van der Waals surface area contributed by atoms with Crippen molar-refractivity contribution in [3.63, 3.8) is 0 Å². The van der Waals surface area contributed by atoms with Crippen molar-refractivity contribution in [1.82, 2.24) is 24.5 Å². The lowest BCUT2D eigenvalue weighted by Gasteiger charge is -2.25. The average molecular weight is 352 g/mol. The second-order valence-electron chi connectivity index (χ2n) is 6.99. The number of amides is 1. The summed E-state index contributed by atoms with van der Waals surface area (Å²) in [5.41, 5.74) is 2.86. The Morgan fingerprint density at radius 3 is 2.88 bits per heavy atom. The number of hydrogen-bond acceptors (Lipinski definition) is 4. The number of aromatic nitrogens is 4. The molecule has 2 aromatic heterocycles. The maximum absolute atomic E-state index is 12.3. The standard InChI is InChI=1S/C19H24N6O/c1-23-10-7-15-11-16(5-6-18(15)23)20-19(26)14-25-13-17(21-22-25)12-24-8-3-2-4-9-24/h5-7,10-11,13H,2-4,8-9,12,14H2,1H3,(H,20,26). The van der Waals surface area contributed by atoms with Crippen LogP contribution in [0.25, 0.3) is 10.9 Å². The fourth-order valence-corrected chi connectivity index (χ4v) is 3.54. The summed E-state index contributed by atoms with van der Waals surface area (Å²) in [5.74, 6) is -0.102. The van der Waals surface area contributed by atoms with Crippen LogP contribution in [0.3, 0.4) is 0 Å². The van der Waals surface area contributed by atoms with Crippen LogP contribution in [0.2, 0.25) is 0 Å². The average Bonchev–Trinajstić information content (AvgIpc) is 3.22. The molecule has 1 aliphatic rings. The molecule has 3 aromatic rings. The predicted octanol–water partition coefficient (Wildman–Crippen LogP) is 2.39. The van der Waals surface area contributed by atoms with Gasteiger partial charge in [0.15, 0.2) is 0 Å². The van der Waals surface area contributed by atoms with Gasteiger partial charge in [0, 0.05) is 36.4 Å². The Morgan fingerprint density at radius 1 is 1.19 bits per heavy atom. The van der Waals surface area contributed by atoms with Gasteiger partial charge in [-0.25, -0.2) is 4.68 Å². The predicted molar refractivity (Wildman–Crippen MR) is 101 cm³/mol. The summed E-state index contributed by atoms with van der Waals surface area (Å²) in [7, 11) is 2.01. The first-order valence-corrected chi connectivity index (χ1v) is 9.14. The van der Waals surface area contributed by atoms with Gasteiger partial charge in [-0.15, -0.1) is 5.10 Å². The number of anilines is 1. The molecule has 1 saturated heterocycles. The van der Waals surface area contributed by atoms with E-state index in [0.29, 0.717) is 0 Å². The number of rotatable bonds is 5. The molecule has 0 bridgehead atoms. The maximum atomic E-state index is 12.3. The number of likely N-dealkylation sites (tertiary alicyclic amines) is 1. The molecule has 4 rings (SSSR count). The Morgan fingerprint density at radius 2 is 2.04 bits per heavy atom. The van der Waals surface area contributed by atoms with Crippen LogP contribution in [0.1, 0.15) is 25.0 Å². The number of aryl methyl sites for hydroxylation is 1. The third-order valence-corrected chi connectivity index (χ3v) is 4.89. The molecular formula is C19H24N6O. The number of hydrogen-bond donors (Lipinski definition) is 1. The zero-order valence-electron chi connectivity index (χ0n) is 15.1. The van der Waals surface area contributed by atoms with Gasteiger partial charge in [-0.3, -0.25) is 9.69 Å². The summed E-state index contributed by atoms with van der Waals surface area (Å²) < 4.78 is 3.66. The van der Waals surface area contributed by atoms with Gasteiger partial charge in [0.2, 0.25) is 5.91 Å². The number of carbonyl (C=O) groups is 1. The van der Waals surface area contributed by atoms with Crippen LogP contribution >= 0.6 is 0 Å². The highest BCUT2D eigenvalue weighted by molar-refractivity contribution is 5.93. The molecule has 0 unspecified atom stereocenters. The molecule has 0 radical (unpaired) electrons. The molecule has 136 valence electrons. The SMILES string of the molecule is Cn1ccc2cc(NC(=O)Cn3cc(CN4CCCCC4)nn3)ccc21. The molecule has 7 nitrogen and oxygen atoms in total. The van der Waals surface area contributed by atoms with E-state index in [2.05, 4.69) is 25.1 Å². The molecule has 0 spiro atoms. The molecule has 1 N–H and O–H groups in total. The Labute approximate surface area is 152 Å². The van der Waals surface area contributed by atoms with Crippen LogP contribution < -0.4 is 5.32 Å². The normalized spacial score (nSPS) is 15.4. The van der Waals surface area contributed by atoms with E-state index in [1.807, 2.05) is 43.7 Å². The van der Waals surface area contributed by atoms with Crippen LogP contribution in [0, 0.1) is 0 Å². The molecule has 1 amide bonds. The lowest BCUT2D eigenvalue weighted by molar-refractivity contribution is -0.116. The maximum Gasteiger partial charge on any atom is 0.246 e. The molecule has 3 heterocycles. The van der Waals surface area contributed by atoms with E-state index in [-0.39, 0.29) is 12.5 Å². The minimum atomic E-state index is -0.102. The fourth-order valence-electron chi connectivity index (χ4n) is 3.54. The number of carbonyl (C=O) groups excluding carboxylic acids is 1. The van der Waals surface area contributed by atoms with Gasteiger partial charge in [-0.1, -0.05) is 11.6 Å². The molecule has 26 heavy (non-hydrogen) atoms. The first-order valence-electron chi connectivity index (χ1n) is 9.14. The monoisotopic (exact) mass is 352 g/mol. The number of nitrogens with zero attached hydrogens (tertiary/aromatic N) is 5. The number of nitrogens with one attached hydrogen (secondary N) is 1. The number of piperidine rings is 1. The van der Waals surface area contributed by atoms with Gasteiger partial charge in [-0.05, 0) is 50.2 Å². The fraction of sp³-hybridized carbons (Fsp3) is 0.421. The van der Waals surface area contributed by atoms with E-state index in [1.165, 1.54) is 19.3 Å². The van der Waals surface area contributed by atoms with Crippen LogP contribution in [0.15, 0.2) is 36.7 Å². The highest BCUT2D eigenvalue weighted by Crippen LogP contribution is 2.19. The van der Waals surface area contributed by atoms with Crippen LogP contribution in [-0.4, -0.2) is 43.5 Å². The van der Waals surface area contributed by atoms with Gasteiger partial charge >= 0.3 is 0 Å². The zero-order valence-corrected chi connectivity index (χ0v) is 15.1. The number of fused-ring (bicyclic) bond motifs is 1. The van der Waals surface area contributed by atoms with Crippen molar-refractivity contribution in [3.8, 4) is 0 Å². The van der Waals surface area contributed by atoms with E-state index < -0.39 is 0 Å². The van der Waals surface area contributed by atoms with Crippen LogP contribution in [0.5, 0.6) is 0 Å². The highest BCUT2D eigenvalue weighted by atomic mass is 16.2. The topological polar surface area (TPSA) is 68.0 Å². The van der Waals surface area contributed by atoms with Gasteiger partial charge in [0.1, 0.15) is 6.54 Å². The van der Waals surface area contributed by atoms with Crippen molar-refractivity contribution in [2.24, 2.45) is 7.05 Å². The quantitative estimate of drug-likeness (QED) is 0.766. The second-order valence-corrected chi connectivity index (χ2v) is 6.99. The van der Waals surface area contributed by atoms with Crippen molar-refractivity contribution < 1.29 is 4.79 Å². The minimum Gasteiger partial charge on any atom is -0.351 e. The lowest BCUT2D eigenvalue weighted by atomic mass is 10.1. The molecular weight excluding hydrogens is 328 g/mol. The van der Waals surface area contributed by atoms with Crippen molar-refractivity contribution in [3.05, 3.63) is 42.4 Å². The van der Waals surface area contributed by atoms with Crippen molar-refractivity contribution in [2.45, 2.75) is 32.4 Å². The molecule has 1 aliphatic heterocycles. The molecule has 1 fully saturated rings. The van der Waals surface area contributed by atoms with Gasteiger partial charge in [-0.2, -0.15) is 0 Å². The third kappa shape index (κ3) is 3.77. The van der Waals surface area contributed by atoms with Gasteiger partial charge < -0.3 is 9.88 Å². The first kappa shape index (κ1) is 16.8. The Bertz CT molecular complexity index is 906. The Kier molecular flexibility index (Phi) is 4.71. The molecule has 1 aromatic carbocycles.